The van der Waals surface area contributed by atoms with Crippen molar-refractivity contribution in [2.75, 3.05) is 79.3 Å². The van der Waals surface area contributed by atoms with Gasteiger partial charge >= 0.3 is 0 Å². The summed E-state index contributed by atoms with van der Waals surface area (Å²) in [7, 11) is 0. The fraction of sp³-hybridized carbons (Fsp3) is 0.650. The van der Waals surface area contributed by atoms with Crippen LogP contribution in [0.2, 0.25) is 0 Å². The zero-order valence-corrected chi connectivity index (χ0v) is 74.1. The summed E-state index contributed by atoms with van der Waals surface area (Å²) < 4.78 is 82.3. The third-order valence-electron chi connectivity index (χ3n) is 22.6. The van der Waals surface area contributed by atoms with Gasteiger partial charge in [0.05, 0.1) is 79.3 Å². The molecule has 8 aromatic carbocycles. The zero-order chi connectivity index (χ0) is 81.1. The first-order valence-electron chi connectivity index (χ1n) is 47.4. The highest BCUT2D eigenvalue weighted by molar-refractivity contribution is 6.28. The van der Waals surface area contributed by atoms with E-state index in [-0.39, 0.29) is 0 Å². The summed E-state index contributed by atoms with van der Waals surface area (Å²) in [6, 6.07) is 27.0. The molecule has 115 heavy (non-hydrogen) atoms. The molecule has 0 saturated heterocycles. The van der Waals surface area contributed by atoms with Crippen LogP contribution in [0.5, 0.6) is 69.0 Å². The minimum Gasteiger partial charge on any atom is -0.490 e. The molecular formula is C103H156O12. The Balaban J connectivity index is 1.11. The van der Waals surface area contributed by atoms with Gasteiger partial charge in [0.15, 0.2) is 69.0 Å². The molecule has 0 fully saturated rings. The molecule has 0 spiro atoms. The lowest BCUT2D eigenvalue weighted by atomic mass is 9.93. The fourth-order valence-electron chi connectivity index (χ4n) is 15.6. The van der Waals surface area contributed by atoms with E-state index in [9.17, 15) is 0 Å². The van der Waals surface area contributed by atoms with Gasteiger partial charge in [0, 0.05) is 0 Å². The molecule has 640 valence electrons. The molecule has 0 aliphatic carbocycles. The van der Waals surface area contributed by atoms with E-state index >= 15 is 0 Å². The van der Waals surface area contributed by atoms with Crippen LogP contribution >= 0.6 is 0 Å². The second-order valence-electron chi connectivity index (χ2n) is 32.6. The molecule has 0 bridgehead atoms. The van der Waals surface area contributed by atoms with E-state index in [2.05, 4.69) is 142 Å². The molecular weight excluding hydrogens is 1430 g/mol. The van der Waals surface area contributed by atoms with Crippen molar-refractivity contribution < 1.29 is 56.8 Å². The van der Waals surface area contributed by atoms with Gasteiger partial charge in [-0.2, -0.15) is 0 Å². The van der Waals surface area contributed by atoms with Gasteiger partial charge in [0.2, 0.25) is 0 Å². The normalized spacial score (nSPS) is 11.6. The van der Waals surface area contributed by atoms with Crippen LogP contribution in [-0.4, -0.2) is 79.3 Å². The average molecular weight is 1590 g/mol. The summed E-state index contributed by atoms with van der Waals surface area (Å²) in [6.45, 7) is 30.0. The molecule has 0 saturated carbocycles. The third-order valence-corrected chi connectivity index (χ3v) is 22.6. The number of ether oxygens (including phenoxy) is 12. The van der Waals surface area contributed by atoms with Gasteiger partial charge in [-0.15, -0.1) is 0 Å². The number of rotatable bonds is 70. The highest BCUT2D eigenvalue weighted by Crippen LogP contribution is 2.50. The number of hydrogen-bond acceptors (Lipinski definition) is 12. The summed E-state index contributed by atoms with van der Waals surface area (Å²) in [5.41, 5.74) is 0. The quantitative estimate of drug-likeness (QED) is 0.0267. The summed E-state index contributed by atoms with van der Waals surface area (Å²) >= 11 is 0. The Morgan fingerprint density at radius 1 is 0.113 bits per heavy atom. The lowest BCUT2D eigenvalue weighted by molar-refractivity contribution is 0.254. The molecule has 0 amide bonds. The molecule has 0 unspecified atom stereocenters. The zero-order valence-electron chi connectivity index (χ0n) is 74.1. The number of hydrogen-bond donors (Lipinski definition) is 0. The Hall–Kier alpha value is -7.08. The Labute approximate surface area is 696 Å². The van der Waals surface area contributed by atoms with Crippen molar-refractivity contribution in [1.82, 2.24) is 0 Å². The van der Waals surface area contributed by atoms with Crippen molar-refractivity contribution in [2.24, 2.45) is 0 Å². The van der Waals surface area contributed by atoms with E-state index in [0.717, 1.165) is 307 Å². The van der Waals surface area contributed by atoms with Crippen molar-refractivity contribution in [2.45, 2.75) is 358 Å². The van der Waals surface area contributed by atoms with Crippen LogP contribution in [0.3, 0.4) is 0 Å². The number of unbranched alkanes of at least 4 members (excludes halogenated alkanes) is 34. The number of fused-ring (bicyclic) bond motifs is 12. The molecule has 0 aromatic heterocycles. The molecule has 8 rings (SSSR count). The highest BCUT2D eigenvalue weighted by atomic mass is 16.5. The maximum absolute atomic E-state index is 7.03. The Bertz CT molecular complexity index is 3630. The van der Waals surface area contributed by atoms with Gasteiger partial charge in [-0.25, -0.2) is 0 Å². The van der Waals surface area contributed by atoms with E-state index in [4.69, 9.17) is 56.8 Å². The monoisotopic (exact) mass is 1590 g/mol. The lowest BCUT2D eigenvalue weighted by Gasteiger charge is -2.21. The van der Waals surface area contributed by atoms with Crippen molar-refractivity contribution in [1.29, 1.82) is 0 Å². The third kappa shape index (κ3) is 31.0. The van der Waals surface area contributed by atoms with Gasteiger partial charge in [-0.3, -0.25) is 0 Å². The standard InChI is InChI=1S/C103H156O12/c1-11-21-31-44-56-104-92-68-80-82-70-94(106-58-46-33-23-13-3)98(110-62-50-37-27-17-7)74-86(82)90-78-102(100(112-64-52-39-29-19-9)76-88(90)84(80)72-96(92)108-60-48-35-25-15-5)114-66-54-42-41-43-55-67-115-103-79-91-87-75-99(111-63-51-38-28-18-8)95(107-59-47-34-24-14-4)71-83(87)81-69-93(105-57-45-32-22-12-2)97(109-61-49-36-26-16-6)73-85(81)89(91)77-101(103)113-65-53-40-30-20-10/h68-79H,11-67H2,1-10H3. The Morgan fingerprint density at radius 3 is 0.278 bits per heavy atom. The van der Waals surface area contributed by atoms with E-state index in [1.54, 1.807) is 0 Å². The smallest absolute Gasteiger partial charge is 0.161 e. The van der Waals surface area contributed by atoms with Gasteiger partial charge in [0.1, 0.15) is 0 Å². The largest absolute Gasteiger partial charge is 0.490 e. The van der Waals surface area contributed by atoms with Crippen molar-refractivity contribution in [3.8, 4) is 69.0 Å². The SMILES string of the molecule is CCCCCCOc1cc2c3cc(OCCCCCC)c(OCCCCCC)cc3c3cc(OCCCCCCCOc4cc5c6cc(OCCCCCC)c(OCCCCCC)cc6c6cc(OCCCCCC)c(OCCCCCC)cc6c5cc4OCCCCCC)c(OCCCCCC)cc3c2cc1OCCCCCC. The minimum atomic E-state index is 0.563. The molecule has 0 N–H and O–H groups in total. The van der Waals surface area contributed by atoms with Crippen LogP contribution in [0, 0.1) is 0 Å². The van der Waals surface area contributed by atoms with Crippen LogP contribution < -0.4 is 56.8 Å². The van der Waals surface area contributed by atoms with Gasteiger partial charge < -0.3 is 56.8 Å². The van der Waals surface area contributed by atoms with Gasteiger partial charge in [0.25, 0.3) is 0 Å². The van der Waals surface area contributed by atoms with E-state index in [1.165, 1.54) is 116 Å². The molecule has 0 aliphatic rings. The first kappa shape index (κ1) is 93.4. The fourth-order valence-corrected chi connectivity index (χ4v) is 15.6. The summed E-state index contributed by atoms with van der Waals surface area (Å²) in [4.78, 5) is 0. The molecule has 0 atom stereocenters. The summed E-state index contributed by atoms with van der Waals surface area (Å²) in [5.74, 6) is 9.41. The predicted octanol–water partition coefficient (Wildman–Crippen LogP) is 31.6. The minimum absolute atomic E-state index is 0.563. The average Bonchev–Trinajstić information content (AvgIpc) is 0.732. The van der Waals surface area contributed by atoms with Crippen LogP contribution in [-0.2, 0) is 0 Å². The van der Waals surface area contributed by atoms with E-state index in [0.29, 0.717) is 79.3 Å². The second kappa shape index (κ2) is 56.3. The van der Waals surface area contributed by atoms with Crippen molar-refractivity contribution in [3.63, 3.8) is 0 Å². The van der Waals surface area contributed by atoms with Crippen LogP contribution in [0.1, 0.15) is 358 Å². The van der Waals surface area contributed by atoms with Crippen LogP contribution in [0.4, 0.5) is 0 Å². The van der Waals surface area contributed by atoms with E-state index < -0.39 is 0 Å². The highest BCUT2D eigenvalue weighted by Gasteiger charge is 2.24. The number of benzene rings is 8. The Kier molecular flexibility index (Phi) is 45.8. The summed E-state index contributed by atoms with van der Waals surface area (Å²) in [5, 5.41) is 13.1. The molecule has 0 aliphatic heterocycles. The van der Waals surface area contributed by atoms with Crippen LogP contribution in [0.15, 0.2) is 72.8 Å². The van der Waals surface area contributed by atoms with E-state index in [1.807, 2.05) is 0 Å². The Morgan fingerprint density at radius 2 is 0.191 bits per heavy atom. The van der Waals surface area contributed by atoms with Gasteiger partial charge in [-0.1, -0.05) is 281 Å². The maximum Gasteiger partial charge on any atom is 0.161 e. The van der Waals surface area contributed by atoms with Crippen molar-refractivity contribution >= 4 is 64.6 Å². The van der Waals surface area contributed by atoms with Crippen LogP contribution in [0.25, 0.3) is 64.6 Å². The summed E-state index contributed by atoms with van der Waals surface area (Å²) in [6.07, 6.45) is 49.7. The van der Waals surface area contributed by atoms with Crippen molar-refractivity contribution in [3.05, 3.63) is 72.8 Å². The predicted molar refractivity (Wildman–Crippen MR) is 488 cm³/mol. The second-order valence-corrected chi connectivity index (χ2v) is 32.6. The first-order valence-corrected chi connectivity index (χ1v) is 47.4. The van der Waals surface area contributed by atoms with Gasteiger partial charge in [-0.05, 0) is 214 Å². The maximum atomic E-state index is 7.03. The molecule has 12 heteroatoms. The molecule has 8 aromatic rings. The lowest BCUT2D eigenvalue weighted by Crippen LogP contribution is -2.05. The molecule has 0 heterocycles. The molecule has 0 radical (unpaired) electrons. The topological polar surface area (TPSA) is 111 Å². The first-order chi connectivity index (χ1) is 56.8. The molecule has 12 nitrogen and oxygen atoms in total.